The number of carbonyl (C=O) groups is 1. The third-order valence-electron chi connectivity index (χ3n) is 3.62. The van der Waals surface area contributed by atoms with Crippen LogP contribution in [0.3, 0.4) is 0 Å². The van der Waals surface area contributed by atoms with Crippen molar-refractivity contribution in [1.29, 1.82) is 0 Å². The first-order valence-corrected chi connectivity index (χ1v) is 7.00. The van der Waals surface area contributed by atoms with Crippen molar-refractivity contribution < 1.29 is 9.53 Å². The van der Waals surface area contributed by atoms with Gasteiger partial charge in [0.15, 0.2) is 0 Å². The van der Waals surface area contributed by atoms with E-state index in [1.54, 1.807) is 25.1 Å². The van der Waals surface area contributed by atoms with E-state index in [2.05, 4.69) is 5.32 Å². The van der Waals surface area contributed by atoms with Gasteiger partial charge in [0.05, 0.1) is 6.04 Å². The van der Waals surface area contributed by atoms with Crippen molar-refractivity contribution in [1.82, 2.24) is 10.2 Å². The predicted octanol–water partition coefficient (Wildman–Crippen LogP) is 3.81. The molecule has 0 saturated heterocycles. The summed E-state index contributed by atoms with van der Waals surface area (Å²) in [5.74, 6) is 1.48. The van der Waals surface area contributed by atoms with Crippen molar-refractivity contribution in [3.8, 4) is 11.5 Å². The van der Waals surface area contributed by atoms with E-state index in [0.717, 1.165) is 22.6 Å². The van der Waals surface area contributed by atoms with Gasteiger partial charge in [-0.1, -0.05) is 29.8 Å². The second kappa shape index (κ2) is 5.30. The molecular weight excluding hydrogens is 288 g/mol. The molecule has 2 aromatic carbocycles. The summed E-state index contributed by atoms with van der Waals surface area (Å²) < 4.78 is 5.91. The van der Waals surface area contributed by atoms with E-state index in [-0.39, 0.29) is 12.1 Å². The van der Waals surface area contributed by atoms with Gasteiger partial charge in [-0.3, -0.25) is 0 Å². The Morgan fingerprint density at radius 2 is 1.90 bits per heavy atom. The Morgan fingerprint density at radius 3 is 2.67 bits per heavy atom. The van der Waals surface area contributed by atoms with Crippen LogP contribution in [0, 0.1) is 0 Å². The maximum atomic E-state index is 12.1. The molecule has 1 unspecified atom stereocenters. The van der Waals surface area contributed by atoms with Gasteiger partial charge in [-0.05, 0) is 24.3 Å². The average molecular weight is 303 g/mol. The van der Waals surface area contributed by atoms with E-state index in [0.29, 0.717) is 5.02 Å². The quantitative estimate of drug-likeness (QED) is 0.870. The van der Waals surface area contributed by atoms with Crippen LogP contribution in [0.5, 0.6) is 11.5 Å². The number of nitrogens with zero attached hydrogens (tertiary/aromatic N) is 1. The van der Waals surface area contributed by atoms with Gasteiger partial charge in [-0.15, -0.1) is 0 Å². The summed E-state index contributed by atoms with van der Waals surface area (Å²) in [6, 6.07) is 12.8. The molecule has 0 bridgehead atoms. The van der Waals surface area contributed by atoms with Crippen molar-refractivity contribution >= 4 is 17.6 Å². The Morgan fingerprint density at radius 1 is 1.19 bits per heavy atom. The number of urea groups is 1. The van der Waals surface area contributed by atoms with Gasteiger partial charge in [-0.25, -0.2) is 4.79 Å². The number of hydrogen-bond donors (Lipinski definition) is 1. The first kappa shape index (κ1) is 13.8. The summed E-state index contributed by atoms with van der Waals surface area (Å²) in [6.07, 6.45) is 0. The first-order valence-electron chi connectivity index (χ1n) is 6.62. The fourth-order valence-electron chi connectivity index (χ4n) is 2.62. The molecule has 0 saturated carbocycles. The van der Waals surface area contributed by atoms with Crippen molar-refractivity contribution in [2.75, 3.05) is 14.1 Å². The molecule has 0 radical (unpaired) electrons. The normalized spacial score (nSPS) is 15.5. The molecule has 0 fully saturated rings. The fraction of sp³-hybridized carbons (Fsp3) is 0.188. The van der Waals surface area contributed by atoms with Crippen LogP contribution in [-0.2, 0) is 0 Å². The number of amides is 2. The highest BCUT2D eigenvalue weighted by Gasteiger charge is 2.32. The standard InChI is InChI=1S/C16H15ClN2O2/c1-18-16(20)19(2)15-11-5-3-4-6-13(11)21-14-8-7-10(17)9-12(14)15/h3-9,15H,1-2H3,(H,18,20). The van der Waals surface area contributed by atoms with Crippen LogP contribution >= 0.6 is 11.6 Å². The number of hydrogen-bond acceptors (Lipinski definition) is 2. The number of para-hydroxylation sites is 1. The number of nitrogens with one attached hydrogen (secondary N) is 1. The average Bonchev–Trinajstić information content (AvgIpc) is 2.51. The lowest BCUT2D eigenvalue weighted by Crippen LogP contribution is -2.39. The Labute approximate surface area is 128 Å². The van der Waals surface area contributed by atoms with Crippen LogP contribution < -0.4 is 10.1 Å². The monoisotopic (exact) mass is 302 g/mol. The summed E-state index contributed by atoms with van der Waals surface area (Å²) in [7, 11) is 3.37. The van der Waals surface area contributed by atoms with Crippen LogP contribution in [0.4, 0.5) is 4.79 Å². The molecule has 0 aromatic heterocycles. The van der Waals surface area contributed by atoms with Gasteiger partial charge >= 0.3 is 6.03 Å². The Bertz CT molecular complexity index is 702. The molecule has 108 valence electrons. The fourth-order valence-corrected chi connectivity index (χ4v) is 2.80. The smallest absolute Gasteiger partial charge is 0.317 e. The second-order valence-corrected chi connectivity index (χ2v) is 5.33. The van der Waals surface area contributed by atoms with Gasteiger partial charge < -0.3 is 15.0 Å². The zero-order valence-electron chi connectivity index (χ0n) is 11.8. The molecular formula is C16H15ClN2O2. The molecule has 2 aromatic rings. The molecule has 0 spiro atoms. The highest BCUT2D eigenvalue weighted by molar-refractivity contribution is 6.30. The maximum absolute atomic E-state index is 12.1. The number of rotatable bonds is 1. The van der Waals surface area contributed by atoms with E-state index in [1.165, 1.54) is 0 Å². The van der Waals surface area contributed by atoms with Gasteiger partial charge in [0.1, 0.15) is 11.5 Å². The van der Waals surface area contributed by atoms with E-state index in [4.69, 9.17) is 16.3 Å². The molecule has 2 amide bonds. The van der Waals surface area contributed by atoms with Gasteiger partial charge in [0, 0.05) is 30.2 Å². The second-order valence-electron chi connectivity index (χ2n) is 4.89. The molecule has 4 nitrogen and oxygen atoms in total. The highest BCUT2D eigenvalue weighted by atomic mass is 35.5. The summed E-state index contributed by atoms with van der Waals surface area (Å²) in [4.78, 5) is 13.7. The molecule has 0 aliphatic carbocycles. The molecule has 5 heteroatoms. The van der Waals surface area contributed by atoms with Crippen LogP contribution in [-0.4, -0.2) is 25.0 Å². The zero-order valence-corrected chi connectivity index (χ0v) is 12.5. The molecule has 1 heterocycles. The molecule has 1 atom stereocenters. The third kappa shape index (κ3) is 2.32. The van der Waals surface area contributed by atoms with Crippen molar-refractivity contribution in [3.05, 3.63) is 58.6 Å². The molecule has 21 heavy (non-hydrogen) atoms. The molecule has 1 N–H and O–H groups in total. The lowest BCUT2D eigenvalue weighted by molar-refractivity contribution is 0.197. The number of halogens is 1. The lowest BCUT2D eigenvalue weighted by atomic mass is 9.93. The van der Waals surface area contributed by atoms with Gasteiger partial charge in [0.25, 0.3) is 0 Å². The maximum Gasteiger partial charge on any atom is 0.317 e. The summed E-state index contributed by atoms with van der Waals surface area (Å²) in [6.45, 7) is 0. The molecule has 1 aliphatic heterocycles. The van der Waals surface area contributed by atoms with Crippen molar-refractivity contribution in [2.45, 2.75) is 6.04 Å². The minimum Gasteiger partial charge on any atom is -0.457 e. The van der Waals surface area contributed by atoms with Crippen LogP contribution in [0.2, 0.25) is 5.02 Å². The minimum atomic E-state index is -0.233. The van der Waals surface area contributed by atoms with Crippen LogP contribution in [0.15, 0.2) is 42.5 Å². The lowest BCUT2D eigenvalue weighted by Gasteiger charge is -2.34. The van der Waals surface area contributed by atoms with Crippen molar-refractivity contribution in [3.63, 3.8) is 0 Å². The van der Waals surface area contributed by atoms with Gasteiger partial charge in [0.2, 0.25) is 0 Å². The zero-order chi connectivity index (χ0) is 15.0. The number of ether oxygens (including phenoxy) is 1. The summed E-state index contributed by atoms with van der Waals surface area (Å²) >= 11 is 6.11. The van der Waals surface area contributed by atoms with Gasteiger partial charge in [-0.2, -0.15) is 0 Å². The number of carbonyl (C=O) groups excluding carboxylic acids is 1. The van der Waals surface area contributed by atoms with E-state index in [9.17, 15) is 4.79 Å². The summed E-state index contributed by atoms with van der Waals surface area (Å²) in [5.41, 5.74) is 1.82. The van der Waals surface area contributed by atoms with Crippen LogP contribution in [0.25, 0.3) is 0 Å². The first-order chi connectivity index (χ1) is 10.1. The largest absolute Gasteiger partial charge is 0.457 e. The Hall–Kier alpha value is -2.20. The van der Waals surface area contributed by atoms with Crippen molar-refractivity contribution in [2.24, 2.45) is 0 Å². The Balaban J connectivity index is 2.17. The van der Waals surface area contributed by atoms with Crippen LogP contribution in [0.1, 0.15) is 17.2 Å². The van der Waals surface area contributed by atoms with E-state index in [1.807, 2.05) is 36.4 Å². The molecule has 3 rings (SSSR count). The highest BCUT2D eigenvalue weighted by Crippen LogP contribution is 2.45. The topological polar surface area (TPSA) is 41.6 Å². The minimum absolute atomic E-state index is 0.164. The predicted molar refractivity (Wildman–Crippen MR) is 82.0 cm³/mol. The number of fused-ring (bicyclic) bond motifs is 2. The molecule has 1 aliphatic rings. The Kier molecular flexibility index (Phi) is 3.47. The summed E-state index contributed by atoms with van der Waals surface area (Å²) in [5, 5.41) is 3.27. The SMILES string of the molecule is CNC(=O)N(C)C1c2ccccc2Oc2ccc(Cl)cc21. The third-order valence-corrected chi connectivity index (χ3v) is 3.86. The van der Waals surface area contributed by atoms with E-state index < -0.39 is 0 Å². The van der Waals surface area contributed by atoms with E-state index >= 15 is 0 Å². The number of benzene rings is 2.